The molecule has 8 nitrogen and oxygen atoms in total. The number of nitrogens with one attached hydrogen (secondary N) is 2. The Bertz CT molecular complexity index is 724. The molecule has 1 aromatic rings. The van der Waals surface area contributed by atoms with Crippen LogP contribution in [0.15, 0.2) is 24.3 Å². The Kier molecular flexibility index (Phi) is 8.07. The summed E-state index contributed by atoms with van der Waals surface area (Å²) in [6.45, 7) is 2.68. The van der Waals surface area contributed by atoms with Crippen molar-refractivity contribution < 1.29 is 28.6 Å². The summed E-state index contributed by atoms with van der Waals surface area (Å²) in [7, 11) is 0. The molecule has 3 rings (SSSR count). The normalized spacial score (nSPS) is 20.2. The first-order valence-electron chi connectivity index (χ1n) is 10.7. The fourth-order valence-corrected chi connectivity index (χ4v) is 3.62. The maximum absolute atomic E-state index is 12.3. The Morgan fingerprint density at radius 1 is 1.07 bits per heavy atom. The third-order valence-electron chi connectivity index (χ3n) is 5.38. The van der Waals surface area contributed by atoms with Crippen molar-refractivity contribution in [3.63, 3.8) is 0 Å². The first kappa shape index (κ1) is 22.1. The van der Waals surface area contributed by atoms with Gasteiger partial charge in [0.25, 0.3) is 5.91 Å². The maximum atomic E-state index is 12.3. The van der Waals surface area contributed by atoms with Gasteiger partial charge in [0.05, 0.1) is 11.7 Å². The highest BCUT2D eigenvalue weighted by molar-refractivity contribution is 5.98. The highest BCUT2D eigenvalue weighted by Crippen LogP contribution is 2.18. The van der Waals surface area contributed by atoms with E-state index >= 15 is 0 Å². The average molecular weight is 418 g/mol. The van der Waals surface area contributed by atoms with Crippen LogP contribution in [0.1, 0.15) is 62.2 Å². The van der Waals surface area contributed by atoms with Crippen molar-refractivity contribution in [2.45, 2.75) is 70.1 Å². The van der Waals surface area contributed by atoms with E-state index in [4.69, 9.17) is 14.2 Å². The summed E-state index contributed by atoms with van der Waals surface area (Å²) >= 11 is 0. The van der Waals surface area contributed by atoms with E-state index in [2.05, 4.69) is 10.6 Å². The average Bonchev–Trinajstić information content (AvgIpc) is 3.27. The van der Waals surface area contributed by atoms with Gasteiger partial charge in [0, 0.05) is 12.6 Å². The first-order chi connectivity index (χ1) is 14.5. The molecule has 2 atom stereocenters. The second kappa shape index (κ2) is 11.0. The molecule has 2 aliphatic rings. The smallest absolute Gasteiger partial charge is 0.338 e. The van der Waals surface area contributed by atoms with E-state index in [1.807, 2.05) is 0 Å². The summed E-state index contributed by atoms with van der Waals surface area (Å²) in [4.78, 5) is 36.4. The molecule has 8 heteroatoms. The molecule has 1 heterocycles. The Hall–Kier alpha value is -2.61. The van der Waals surface area contributed by atoms with E-state index in [9.17, 15) is 14.4 Å². The monoisotopic (exact) mass is 418 g/mol. The summed E-state index contributed by atoms with van der Waals surface area (Å²) in [6.07, 6.45) is 6.22. The highest BCUT2D eigenvalue weighted by Gasteiger charge is 2.23. The summed E-state index contributed by atoms with van der Waals surface area (Å²) in [5.41, 5.74) is 0.297. The van der Waals surface area contributed by atoms with Gasteiger partial charge in [0.15, 0.2) is 6.10 Å². The van der Waals surface area contributed by atoms with Crippen molar-refractivity contribution >= 4 is 17.9 Å². The molecule has 0 spiro atoms. The van der Waals surface area contributed by atoms with Crippen molar-refractivity contribution in [1.29, 1.82) is 0 Å². The molecule has 1 saturated heterocycles. The topological polar surface area (TPSA) is 103 Å². The predicted molar refractivity (Wildman–Crippen MR) is 109 cm³/mol. The second-order valence-electron chi connectivity index (χ2n) is 7.82. The SMILES string of the molecule is C[C@H](OC(=O)c1ccc(OC[C@@H]2CCCO2)cc1)C(=O)NC(=O)NC1CCCCC1. The van der Waals surface area contributed by atoms with E-state index in [0.717, 1.165) is 45.1 Å². The van der Waals surface area contributed by atoms with Crippen LogP contribution >= 0.6 is 0 Å². The molecule has 1 aromatic carbocycles. The number of hydrogen-bond acceptors (Lipinski definition) is 6. The number of ether oxygens (including phenoxy) is 3. The molecule has 1 aliphatic heterocycles. The largest absolute Gasteiger partial charge is 0.491 e. The van der Waals surface area contributed by atoms with Gasteiger partial charge in [-0.3, -0.25) is 10.1 Å². The van der Waals surface area contributed by atoms with Gasteiger partial charge in [-0.15, -0.1) is 0 Å². The fraction of sp³-hybridized carbons (Fsp3) is 0.591. The molecule has 1 saturated carbocycles. The molecule has 0 radical (unpaired) electrons. The zero-order chi connectivity index (χ0) is 21.3. The number of carbonyl (C=O) groups is 3. The Balaban J connectivity index is 1.41. The number of esters is 1. The summed E-state index contributed by atoms with van der Waals surface area (Å²) in [5.74, 6) is -0.670. The van der Waals surface area contributed by atoms with Crippen LogP contribution < -0.4 is 15.4 Å². The van der Waals surface area contributed by atoms with Crippen molar-refractivity contribution in [3.05, 3.63) is 29.8 Å². The van der Waals surface area contributed by atoms with E-state index in [1.165, 1.54) is 13.3 Å². The van der Waals surface area contributed by atoms with E-state index in [1.54, 1.807) is 24.3 Å². The van der Waals surface area contributed by atoms with Crippen molar-refractivity contribution in [3.8, 4) is 5.75 Å². The first-order valence-corrected chi connectivity index (χ1v) is 10.7. The lowest BCUT2D eigenvalue weighted by Crippen LogP contribution is -2.48. The summed E-state index contributed by atoms with van der Waals surface area (Å²) in [6, 6.07) is 6.04. The predicted octanol–water partition coefficient (Wildman–Crippen LogP) is 2.95. The zero-order valence-corrected chi connectivity index (χ0v) is 17.4. The van der Waals surface area contributed by atoms with Crippen LogP contribution in [0.3, 0.4) is 0 Å². The van der Waals surface area contributed by atoms with E-state index in [0.29, 0.717) is 17.9 Å². The second-order valence-corrected chi connectivity index (χ2v) is 7.82. The van der Waals surface area contributed by atoms with E-state index < -0.39 is 24.0 Å². The minimum Gasteiger partial charge on any atom is -0.491 e. The molecule has 0 bridgehead atoms. The molecule has 30 heavy (non-hydrogen) atoms. The molecule has 0 unspecified atom stereocenters. The van der Waals surface area contributed by atoms with Crippen LogP contribution in [0.25, 0.3) is 0 Å². The number of urea groups is 1. The lowest BCUT2D eigenvalue weighted by atomic mass is 9.96. The van der Waals surface area contributed by atoms with E-state index in [-0.39, 0.29) is 12.1 Å². The van der Waals surface area contributed by atoms with Crippen LogP contribution in [0.5, 0.6) is 5.75 Å². The highest BCUT2D eigenvalue weighted by atomic mass is 16.5. The van der Waals surface area contributed by atoms with Crippen molar-refractivity contribution in [2.75, 3.05) is 13.2 Å². The van der Waals surface area contributed by atoms with Gasteiger partial charge in [-0.2, -0.15) is 0 Å². The molecular weight excluding hydrogens is 388 g/mol. The molecule has 2 fully saturated rings. The quantitative estimate of drug-likeness (QED) is 0.660. The van der Waals surface area contributed by atoms with Gasteiger partial charge in [-0.25, -0.2) is 9.59 Å². The fourth-order valence-electron chi connectivity index (χ4n) is 3.62. The standard InChI is InChI=1S/C22H30N2O6/c1-15(20(25)24-22(27)23-17-6-3-2-4-7-17)30-21(26)16-9-11-18(12-10-16)29-14-19-8-5-13-28-19/h9-12,15,17,19H,2-8,13-14H2,1H3,(H2,23,24,25,27)/t15-,19-/m0/s1. The van der Waals surface area contributed by atoms with Gasteiger partial charge in [-0.1, -0.05) is 19.3 Å². The van der Waals surface area contributed by atoms with Gasteiger partial charge in [-0.05, 0) is 56.9 Å². The van der Waals surface area contributed by atoms with Gasteiger partial charge < -0.3 is 19.5 Å². The number of amides is 3. The maximum Gasteiger partial charge on any atom is 0.338 e. The molecular formula is C22H30N2O6. The molecule has 3 amide bonds. The van der Waals surface area contributed by atoms with Crippen molar-refractivity contribution in [2.24, 2.45) is 0 Å². The van der Waals surface area contributed by atoms with Crippen LogP contribution in [0, 0.1) is 0 Å². The molecule has 0 aromatic heterocycles. The summed E-state index contributed by atoms with van der Waals surface area (Å²) in [5, 5.41) is 5.03. The summed E-state index contributed by atoms with van der Waals surface area (Å²) < 4.78 is 16.3. The lowest BCUT2D eigenvalue weighted by molar-refractivity contribution is -0.127. The minimum absolute atomic E-state index is 0.0883. The van der Waals surface area contributed by atoms with Gasteiger partial charge >= 0.3 is 12.0 Å². The zero-order valence-electron chi connectivity index (χ0n) is 17.4. The molecule has 2 N–H and O–H groups in total. The Morgan fingerprint density at radius 3 is 2.47 bits per heavy atom. The minimum atomic E-state index is -1.09. The van der Waals surface area contributed by atoms with Crippen molar-refractivity contribution in [1.82, 2.24) is 10.6 Å². The van der Waals surface area contributed by atoms with Crippen LogP contribution in [-0.2, 0) is 14.3 Å². The molecule has 1 aliphatic carbocycles. The lowest BCUT2D eigenvalue weighted by Gasteiger charge is -2.23. The van der Waals surface area contributed by atoms with Crippen LogP contribution in [-0.4, -0.2) is 49.4 Å². The Morgan fingerprint density at radius 2 is 1.80 bits per heavy atom. The van der Waals surface area contributed by atoms with Crippen LogP contribution in [0.4, 0.5) is 4.79 Å². The Labute approximate surface area is 176 Å². The molecule has 164 valence electrons. The number of imide groups is 1. The van der Waals surface area contributed by atoms with Gasteiger partial charge in [0.2, 0.25) is 0 Å². The third-order valence-corrected chi connectivity index (χ3v) is 5.38. The van der Waals surface area contributed by atoms with Crippen LogP contribution in [0.2, 0.25) is 0 Å². The third kappa shape index (κ3) is 6.73. The number of carbonyl (C=O) groups excluding carboxylic acids is 3. The van der Waals surface area contributed by atoms with Gasteiger partial charge in [0.1, 0.15) is 12.4 Å². The number of rotatable bonds is 7. The number of benzene rings is 1. The number of hydrogen-bond donors (Lipinski definition) is 2.